The van der Waals surface area contributed by atoms with Crippen LogP contribution in [-0.4, -0.2) is 32.5 Å². The van der Waals surface area contributed by atoms with E-state index in [2.05, 4.69) is 31.5 Å². The smallest absolute Gasteiger partial charge is 0.183 e. The molecule has 0 fully saturated rings. The van der Waals surface area contributed by atoms with Gasteiger partial charge < -0.3 is 5.32 Å². The zero-order chi connectivity index (χ0) is 11.1. The van der Waals surface area contributed by atoms with Gasteiger partial charge in [-0.15, -0.1) is 0 Å². The van der Waals surface area contributed by atoms with Crippen LogP contribution in [0.4, 0.5) is 0 Å². The number of aromatic nitrogens is 4. The summed E-state index contributed by atoms with van der Waals surface area (Å²) >= 11 is 1.65. The molecular weight excluding hydrogens is 222 g/mol. The maximum absolute atomic E-state index is 4.06. The molecule has 2 N–H and O–H groups in total. The molecule has 0 atom stereocenters. The first-order chi connectivity index (χ1) is 7.95. The first-order valence-corrected chi connectivity index (χ1v) is 6.01. The lowest BCUT2D eigenvalue weighted by Gasteiger charge is -2.02. The molecule has 2 rings (SSSR count). The van der Waals surface area contributed by atoms with E-state index in [1.165, 1.54) is 11.9 Å². The number of H-pyrrole nitrogens is 1. The summed E-state index contributed by atoms with van der Waals surface area (Å²) in [6.07, 6.45) is 5.17. The molecule has 5 nitrogen and oxygen atoms in total. The number of thioether (sulfide) groups is 1. The summed E-state index contributed by atoms with van der Waals surface area (Å²) in [5.41, 5.74) is 1.20. The zero-order valence-corrected chi connectivity index (χ0v) is 9.57. The van der Waals surface area contributed by atoms with Gasteiger partial charge in [0.2, 0.25) is 0 Å². The van der Waals surface area contributed by atoms with Crippen molar-refractivity contribution in [3.05, 3.63) is 36.4 Å². The lowest BCUT2D eigenvalue weighted by molar-refractivity contribution is 0.729. The Bertz CT molecular complexity index is 389. The largest absolute Gasteiger partial charge is 0.312 e. The van der Waals surface area contributed by atoms with Crippen molar-refractivity contribution in [1.82, 2.24) is 25.5 Å². The van der Waals surface area contributed by atoms with Crippen LogP contribution in [0.15, 0.2) is 36.0 Å². The average molecular weight is 235 g/mol. The van der Waals surface area contributed by atoms with Gasteiger partial charge in [0.1, 0.15) is 6.33 Å². The third-order valence-electron chi connectivity index (χ3n) is 1.96. The Labute approximate surface area is 98.1 Å². The van der Waals surface area contributed by atoms with Gasteiger partial charge in [0.25, 0.3) is 0 Å². The molecule has 0 aliphatic heterocycles. The normalized spacial score (nSPS) is 10.5. The number of rotatable bonds is 6. The molecule has 0 saturated carbocycles. The first-order valence-electron chi connectivity index (χ1n) is 5.03. The van der Waals surface area contributed by atoms with Crippen LogP contribution in [0.1, 0.15) is 5.56 Å². The minimum Gasteiger partial charge on any atom is -0.312 e. The fourth-order valence-electron chi connectivity index (χ4n) is 1.22. The number of hydrogen-bond donors (Lipinski definition) is 2. The Morgan fingerprint density at radius 3 is 3.19 bits per heavy atom. The van der Waals surface area contributed by atoms with Crippen LogP contribution >= 0.6 is 11.8 Å². The highest BCUT2D eigenvalue weighted by atomic mass is 32.2. The molecule has 0 saturated heterocycles. The number of hydrogen-bond acceptors (Lipinski definition) is 5. The molecule has 0 aliphatic rings. The third kappa shape index (κ3) is 3.63. The molecule has 84 valence electrons. The van der Waals surface area contributed by atoms with E-state index < -0.39 is 0 Å². The maximum atomic E-state index is 4.06. The van der Waals surface area contributed by atoms with Crippen molar-refractivity contribution in [2.45, 2.75) is 11.7 Å². The molecule has 2 aromatic heterocycles. The topological polar surface area (TPSA) is 66.5 Å². The second-order valence-corrected chi connectivity index (χ2v) is 4.26. The number of nitrogens with zero attached hydrogens (tertiary/aromatic N) is 3. The molecule has 0 spiro atoms. The van der Waals surface area contributed by atoms with Gasteiger partial charge in [0.15, 0.2) is 5.16 Å². The second kappa shape index (κ2) is 6.24. The fraction of sp³-hybridized carbons (Fsp3) is 0.300. The van der Waals surface area contributed by atoms with Gasteiger partial charge in [-0.25, -0.2) is 4.98 Å². The fourth-order valence-corrected chi connectivity index (χ4v) is 1.90. The van der Waals surface area contributed by atoms with Crippen LogP contribution in [0.3, 0.4) is 0 Å². The summed E-state index contributed by atoms with van der Waals surface area (Å²) in [4.78, 5) is 8.09. The highest BCUT2D eigenvalue weighted by Gasteiger charge is 1.96. The van der Waals surface area contributed by atoms with Gasteiger partial charge in [0, 0.05) is 31.2 Å². The summed E-state index contributed by atoms with van der Waals surface area (Å²) in [6.45, 7) is 1.78. The lowest BCUT2D eigenvalue weighted by atomic mass is 10.3. The van der Waals surface area contributed by atoms with Gasteiger partial charge in [0.05, 0.1) is 0 Å². The van der Waals surface area contributed by atoms with Crippen LogP contribution in [-0.2, 0) is 6.54 Å². The molecule has 0 amide bonds. The van der Waals surface area contributed by atoms with Crippen molar-refractivity contribution in [1.29, 1.82) is 0 Å². The molecule has 2 aromatic rings. The van der Waals surface area contributed by atoms with E-state index in [0.29, 0.717) is 0 Å². The molecule has 0 unspecified atom stereocenters. The predicted molar refractivity (Wildman–Crippen MR) is 63.1 cm³/mol. The van der Waals surface area contributed by atoms with Gasteiger partial charge in [-0.2, -0.15) is 5.10 Å². The van der Waals surface area contributed by atoms with Crippen molar-refractivity contribution in [2.75, 3.05) is 12.3 Å². The highest BCUT2D eigenvalue weighted by Crippen LogP contribution is 2.08. The minimum absolute atomic E-state index is 0.852. The summed E-state index contributed by atoms with van der Waals surface area (Å²) in [5, 5.41) is 10.8. The number of nitrogens with one attached hydrogen (secondary N) is 2. The summed E-state index contributed by atoms with van der Waals surface area (Å²) in [6, 6.07) is 4.00. The number of pyridine rings is 1. The molecule has 16 heavy (non-hydrogen) atoms. The first kappa shape index (κ1) is 11.1. The van der Waals surface area contributed by atoms with E-state index in [0.717, 1.165) is 24.0 Å². The molecule has 6 heteroatoms. The minimum atomic E-state index is 0.852. The Morgan fingerprint density at radius 2 is 2.44 bits per heavy atom. The van der Waals surface area contributed by atoms with Crippen molar-refractivity contribution in [3.63, 3.8) is 0 Å². The van der Waals surface area contributed by atoms with Gasteiger partial charge in [-0.05, 0) is 11.6 Å². The van der Waals surface area contributed by atoms with E-state index in [4.69, 9.17) is 0 Å². The molecule has 0 aliphatic carbocycles. The second-order valence-electron chi connectivity index (χ2n) is 3.18. The van der Waals surface area contributed by atoms with E-state index in [9.17, 15) is 0 Å². The van der Waals surface area contributed by atoms with E-state index in [-0.39, 0.29) is 0 Å². The molecule has 2 heterocycles. The Kier molecular flexibility index (Phi) is 4.33. The quantitative estimate of drug-likeness (QED) is 0.579. The lowest BCUT2D eigenvalue weighted by Crippen LogP contribution is -2.16. The van der Waals surface area contributed by atoms with Crippen LogP contribution in [0.2, 0.25) is 0 Å². The van der Waals surface area contributed by atoms with E-state index in [1.807, 2.05) is 12.3 Å². The van der Waals surface area contributed by atoms with Crippen molar-refractivity contribution < 1.29 is 0 Å². The van der Waals surface area contributed by atoms with Crippen molar-refractivity contribution >= 4 is 11.8 Å². The Morgan fingerprint density at radius 1 is 1.44 bits per heavy atom. The summed E-state index contributed by atoms with van der Waals surface area (Å²) < 4.78 is 0. The zero-order valence-electron chi connectivity index (χ0n) is 8.76. The average Bonchev–Trinajstić information content (AvgIpc) is 2.83. The van der Waals surface area contributed by atoms with Crippen LogP contribution in [0.5, 0.6) is 0 Å². The van der Waals surface area contributed by atoms with Crippen LogP contribution in [0.25, 0.3) is 0 Å². The van der Waals surface area contributed by atoms with E-state index in [1.54, 1.807) is 18.0 Å². The van der Waals surface area contributed by atoms with Crippen molar-refractivity contribution in [3.8, 4) is 0 Å². The number of aromatic amines is 1. The molecule has 0 radical (unpaired) electrons. The van der Waals surface area contributed by atoms with E-state index >= 15 is 0 Å². The summed E-state index contributed by atoms with van der Waals surface area (Å²) in [5.74, 6) is 0.968. The molecular formula is C10H13N5S. The standard InChI is InChI=1S/C10H13N5S/c1-2-9(6-11-3-1)7-12-4-5-16-10-13-8-14-15-10/h1-3,6,8,12H,4-5,7H2,(H,13,14,15). The van der Waals surface area contributed by atoms with Gasteiger partial charge >= 0.3 is 0 Å². The Hall–Kier alpha value is -1.40. The maximum Gasteiger partial charge on any atom is 0.183 e. The Balaban J connectivity index is 1.59. The molecule has 0 aromatic carbocycles. The molecule has 0 bridgehead atoms. The van der Waals surface area contributed by atoms with Crippen LogP contribution < -0.4 is 5.32 Å². The predicted octanol–water partition coefficient (Wildman–Crippen LogP) is 1.08. The van der Waals surface area contributed by atoms with Gasteiger partial charge in [-0.3, -0.25) is 10.1 Å². The summed E-state index contributed by atoms with van der Waals surface area (Å²) in [7, 11) is 0. The SMILES string of the molecule is c1cncc(CNCCSc2ncn[nH]2)c1. The third-order valence-corrected chi connectivity index (χ3v) is 2.84. The van der Waals surface area contributed by atoms with Crippen LogP contribution in [0, 0.1) is 0 Å². The van der Waals surface area contributed by atoms with Gasteiger partial charge in [-0.1, -0.05) is 17.8 Å². The van der Waals surface area contributed by atoms with Crippen molar-refractivity contribution in [2.24, 2.45) is 0 Å². The highest BCUT2D eigenvalue weighted by molar-refractivity contribution is 7.99. The monoisotopic (exact) mass is 235 g/mol.